The molecule has 0 bridgehead atoms. The first-order valence-electron chi connectivity index (χ1n) is 6.27. The first kappa shape index (κ1) is 12.1. The Bertz CT molecular complexity index is 368. The molecule has 2 rings (SSSR count). The number of amides is 1. The van der Waals surface area contributed by atoms with E-state index in [0.717, 1.165) is 13.0 Å². The third kappa shape index (κ3) is 3.85. The standard InChI is InChI=1S/C12H20N4O/c1-16-9-7-11(15-16)14-12(17)6-5-10-4-2-3-8-13-10/h7,9-10,13H,2-6,8H2,1H3,(H,14,15,17). The first-order chi connectivity index (χ1) is 8.24. The Morgan fingerprint density at radius 3 is 3.18 bits per heavy atom. The highest BCUT2D eigenvalue weighted by Gasteiger charge is 2.14. The van der Waals surface area contributed by atoms with Crippen LogP contribution in [0.1, 0.15) is 32.1 Å². The van der Waals surface area contributed by atoms with Crippen molar-refractivity contribution in [1.29, 1.82) is 0 Å². The molecule has 0 saturated carbocycles. The number of anilines is 1. The molecule has 94 valence electrons. The van der Waals surface area contributed by atoms with Crippen LogP contribution in [0.2, 0.25) is 0 Å². The van der Waals surface area contributed by atoms with Crippen LogP contribution >= 0.6 is 0 Å². The summed E-state index contributed by atoms with van der Waals surface area (Å²) < 4.78 is 1.68. The van der Waals surface area contributed by atoms with Crippen LogP contribution in [-0.2, 0) is 11.8 Å². The molecule has 1 aromatic rings. The molecule has 2 N–H and O–H groups in total. The van der Waals surface area contributed by atoms with Gasteiger partial charge in [0.15, 0.2) is 5.82 Å². The molecule has 2 heterocycles. The monoisotopic (exact) mass is 236 g/mol. The molecule has 1 saturated heterocycles. The van der Waals surface area contributed by atoms with Gasteiger partial charge in [-0.05, 0) is 25.8 Å². The highest BCUT2D eigenvalue weighted by Crippen LogP contribution is 2.12. The Morgan fingerprint density at radius 2 is 2.53 bits per heavy atom. The molecule has 1 atom stereocenters. The van der Waals surface area contributed by atoms with Crippen molar-refractivity contribution in [2.24, 2.45) is 7.05 Å². The van der Waals surface area contributed by atoms with E-state index < -0.39 is 0 Å². The highest BCUT2D eigenvalue weighted by molar-refractivity contribution is 5.89. The Morgan fingerprint density at radius 1 is 1.65 bits per heavy atom. The molecule has 17 heavy (non-hydrogen) atoms. The third-order valence-corrected chi connectivity index (χ3v) is 3.11. The number of rotatable bonds is 4. The van der Waals surface area contributed by atoms with Crippen molar-refractivity contribution in [3.63, 3.8) is 0 Å². The minimum Gasteiger partial charge on any atom is -0.314 e. The van der Waals surface area contributed by atoms with Crippen molar-refractivity contribution in [2.45, 2.75) is 38.1 Å². The smallest absolute Gasteiger partial charge is 0.225 e. The van der Waals surface area contributed by atoms with E-state index in [-0.39, 0.29) is 5.91 Å². The van der Waals surface area contributed by atoms with Crippen molar-refractivity contribution < 1.29 is 4.79 Å². The molecular formula is C12H20N4O. The average molecular weight is 236 g/mol. The molecule has 1 aromatic heterocycles. The molecule has 5 nitrogen and oxygen atoms in total. The van der Waals surface area contributed by atoms with Gasteiger partial charge in [0, 0.05) is 31.8 Å². The summed E-state index contributed by atoms with van der Waals surface area (Å²) in [6.45, 7) is 1.09. The zero-order valence-corrected chi connectivity index (χ0v) is 10.3. The van der Waals surface area contributed by atoms with E-state index in [1.807, 2.05) is 13.2 Å². The van der Waals surface area contributed by atoms with Crippen molar-refractivity contribution in [2.75, 3.05) is 11.9 Å². The Hall–Kier alpha value is -1.36. The SMILES string of the molecule is Cn1ccc(NC(=O)CCC2CCCCN2)n1. The van der Waals surface area contributed by atoms with E-state index in [2.05, 4.69) is 15.7 Å². The topological polar surface area (TPSA) is 59.0 Å². The van der Waals surface area contributed by atoms with E-state index in [4.69, 9.17) is 0 Å². The van der Waals surface area contributed by atoms with Gasteiger partial charge in [-0.2, -0.15) is 5.10 Å². The van der Waals surface area contributed by atoms with Crippen LogP contribution in [0.3, 0.4) is 0 Å². The molecule has 0 aliphatic carbocycles. The molecule has 1 aliphatic rings. The fraction of sp³-hybridized carbons (Fsp3) is 0.667. The fourth-order valence-corrected chi connectivity index (χ4v) is 2.16. The summed E-state index contributed by atoms with van der Waals surface area (Å²) in [7, 11) is 1.83. The van der Waals surface area contributed by atoms with Crippen LogP contribution in [0.25, 0.3) is 0 Å². The van der Waals surface area contributed by atoms with Gasteiger partial charge in [-0.25, -0.2) is 0 Å². The number of hydrogen-bond acceptors (Lipinski definition) is 3. The van der Waals surface area contributed by atoms with Crippen LogP contribution in [0.4, 0.5) is 5.82 Å². The predicted octanol–water partition coefficient (Wildman–Crippen LogP) is 1.28. The Balaban J connectivity index is 1.70. The molecule has 1 aliphatic heterocycles. The number of nitrogens with zero attached hydrogens (tertiary/aromatic N) is 2. The summed E-state index contributed by atoms with van der Waals surface area (Å²) in [5.74, 6) is 0.685. The largest absolute Gasteiger partial charge is 0.314 e. The molecule has 5 heteroatoms. The zero-order chi connectivity index (χ0) is 12.1. The van der Waals surface area contributed by atoms with Gasteiger partial charge in [0.1, 0.15) is 0 Å². The zero-order valence-electron chi connectivity index (χ0n) is 10.3. The summed E-state index contributed by atoms with van der Waals surface area (Å²) in [6.07, 6.45) is 7.03. The lowest BCUT2D eigenvalue weighted by atomic mass is 10.0. The van der Waals surface area contributed by atoms with E-state index in [1.54, 1.807) is 10.7 Å². The summed E-state index contributed by atoms with van der Waals surface area (Å²) >= 11 is 0. The molecule has 1 amide bonds. The lowest BCUT2D eigenvalue weighted by Gasteiger charge is -2.22. The van der Waals surface area contributed by atoms with Crippen LogP contribution in [0.5, 0.6) is 0 Å². The maximum absolute atomic E-state index is 11.7. The van der Waals surface area contributed by atoms with Crippen LogP contribution in [0, 0.1) is 0 Å². The van der Waals surface area contributed by atoms with Crippen molar-refractivity contribution in [3.05, 3.63) is 12.3 Å². The number of nitrogens with one attached hydrogen (secondary N) is 2. The van der Waals surface area contributed by atoms with Gasteiger partial charge >= 0.3 is 0 Å². The molecule has 1 fully saturated rings. The van der Waals surface area contributed by atoms with Gasteiger partial charge in [-0.1, -0.05) is 6.42 Å². The summed E-state index contributed by atoms with van der Waals surface area (Å²) in [4.78, 5) is 11.7. The molecular weight excluding hydrogens is 216 g/mol. The summed E-state index contributed by atoms with van der Waals surface area (Å²) in [5.41, 5.74) is 0. The van der Waals surface area contributed by atoms with Crippen molar-refractivity contribution in [3.8, 4) is 0 Å². The minimum absolute atomic E-state index is 0.0519. The lowest BCUT2D eigenvalue weighted by molar-refractivity contribution is -0.116. The number of piperidine rings is 1. The van der Waals surface area contributed by atoms with Gasteiger partial charge < -0.3 is 10.6 Å². The minimum atomic E-state index is 0.0519. The Kier molecular flexibility index (Phi) is 4.14. The van der Waals surface area contributed by atoms with E-state index >= 15 is 0 Å². The average Bonchev–Trinajstić information content (AvgIpc) is 2.73. The van der Waals surface area contributed by atoms with Crippen molar-refractivity contribution in [1.82, 2.24) is 15.1 Å². The maximum Gasteiger partial charge on any atom is 0.225 e. The highest BCUT2D eigenvalue weighted by atomic mass is 16.1. The van der Waals surface area contributed by atoms with Crippen molar-refractivity contribution >= 4 is 11.7 Å². The van der Waals surface area contributed by atoms with Gasteiger partial charge in [-0.15, -0.1) is 0 Å². The number of aryl methyl sites for hydroxylation is 1. The van der Waals surface area contributed by atoms with Gasteiger partial charge in [0.05, 0.1) is 0 Å². The van der Waals surface area contributed by atoms with Crippen LogP contribution in [-0.4, -0.2) is 28.3 Å². The second kappa shape index (κ2) is 5.82. The Labute approximate surface area is 102 Å². The normalized spacial score (nSPS) is 20.2. The second-order valence-electron chi connectivity index (χ2n) is 4.61. The fourth-order valence-electron chi connectivity index (χ4n) is 2.16. The number of aromatic nitrogens is 2. The number of carbonyl (C=O) groups is 1. The maximum atomic E-state index is 11.7. The molecule has 0 spiro atoms. The summed E-state index contributed by atoms with van der Waals surface area (Å²) in [6, 6.07) is 2.31. The number of hydrogen-bond donors (Lipinski definition) is 2. The lowest BCUT2D eigenvalue weighted by Crippen LogP contribution is -2.34. The molecule has 0 radical (unpaired) electrons. The van der Waals surface area contributed by atoms with E-state index in [0.29, 0.717) is 18.3 Å². The molecule has 0 aromatic carbocycles. The van der Waals surface area contributed by atoms with Gasteiger partial charge in [0.25, 0.3) is 0 Å². The van der Waals surface area contributed by atoms with Gasteiger partial charge in [-0.3, -0.25) is 9.48 Å². The van der Waals surface area contributed by atoms with Crippen LogP contribution in [0.15, 0.2) is 12.3 Å². The molecule has 1 unspecified atom stereocenters. The first-order valence-corrected chi connectivity index (χ1v) is 6.27. The number of carbonyl (C=O) groups excluding carboxylic acids is 1. The van der Waals surface area contributed by atoms with E-state index in [9.17, 15) is 4.79 Å². The van der Waals surface area contributed by atoms with Crippen LogP contribution < -0.4 is 10.6 Å². The third-order valence-electron chi connectivity index (χ3n) is 3.11. The second-order valence-corrected chi connectivity index (χ2v) is 4.61. The van der Waals surface area contributed by atoms with Gasteiger partial charge in [0.2, 0.25) is 5.91 Å². The van der Waals surface area contributed by atoms with E-state index in [1.165, 1.54) is 19.3 Å². The quantitative estimate of drug-likeness (QED) is 0.828. The summed E-state index contributed by atoms with van der Waals surface area (Å²) in [5, 5.41) is 10.4. The predicted molar refractivity (Wildman–Crippen MR) is 66.7 cm³/mol.